The lowest BCUT2D eigenvalue weighted by Gasteiger charge is -2.19. The molecule has 0 spiro atoms. The van der Waals surface area contributed by atoms with E-state index in [2.05, 4.69) is 19.2 Å². The van der Waals surface area contributed by atoms with E-state index in [0.29, 0.717) is 17.7 Å². The van der Waals surface area contributed by atoms with Crippen LogP contribution in [0.2, 0.25) is 0 Å². The summed E-state index contributed by atoms with van der Waals surface area (Å²) in [6.07, 6.45) is -2.08. The molecule has 1 amide bonds. The van der Waals surface area contributed by atoms with Gasteiger partial charge < -0.3 is 15.2 Å². The standard InChI is InChI=1S/C21H25F2NO3/c1-12(2)15-6-5-13(3)20(9-15)27-14(4)21(26)24-11-19(25)17-8-7-16(22)10-18(17)23/h5-10,12,14,19,25H,11H2,1-4H3,(H,24,26). The fraction of sp³-hybridized carbons (Fsp3) is 0.381. The number of rotatable bonds is 7. The third-order valence-electron chi connectivity index (χ3n) is 4.34. The number of halogens is 2. The van der Waals surface area contributed by atoms with Crippen molar-refractivity contribution in [2.24, 2.45) is 0 Å². The van der Waals surface area contributed by atoms with Gasteiger partial charge in [-0.3, -0.25) is 4.79 Å². The Balaban J connectivity index is 1.97. The number of benzene rings is 2. The second kappa shape index (κ2) is 8.95. The summed E-state index contributed by atoms with van der Waals surface area (Å²) in [5.74, 6) is -1.08. The zero-order valence-electron chi connectivity index (χ0n) is 15.9. The van der Waals surface area contributed by atoms with Gasteiger partial charge in [-0.05, 0) is 43.0 Å². The minimum Gasteiger partial charge on any atom is -0.481 e. The number of aryl methyl sites for hydroxylation is 1. The van der Waals surface area contributed by atoms with E-state index in [-0.39, 0.29) is 12.1 Å². The van der Waals surface area contributed by atoms with Gasteiger partial charge in [-0.15, -0.1) is 0 Å². The first-order valence-electron chi connectivity index (χ1n) is 8.87. The van der Waals surface area contributed by atoms with Crippen molar-refractivity contribution in [2.45, 2.75) is 45.8 Å². The predicted octanol–water partition coefficient (Wildman–Crippen LogP) is 4.01. The molecule has 2 rings (SSSR count). The molecule has 0 saturated carbocycles. The first kappa shape index (κ1) is 20.8. The van der Waals surface area contributed by atoms with Gasteiger partial charge in [0.25, 0.3) is 5.91 Å². The molecular formula is C21H25F2NO3. The van der Waals surface area contributed by atoms with E-state index in [1.54, 1.807) is 6.92 Å². The number of hydrogen-bond acceptors (Lipinski definition) is 3. The Hall–Kier alpha value is -2.47. The van der Waals surface area contributed by atoms with E-state index in [0.717, 1.165) is 23.3 Å². The average Bonchev–Trinajstić information content (AvgIpc) is 2.60. The minimum atomic E-state index is -1.28. The summed E-state index contributed by atoms with van der Waals surface area (Å²) in [7, 11) is 0. The Bertz CT molecular complexity index is 808. The van der Waals surface area contributed by atoms with Crippen LogP contribution < -0.4 is 10.1 Å². The van der Waals surface area contributed by atoms with Crippen LogP contribution in [-0.2, 0) is 4.79 Å². The summed E-state index contributed by atoms with van der Waals surface area (Å²) in [6.45, 7) is 7.42. The molecule has 0 saturated heterocycles. The normalized spacial score (nSPS) is 13.3. The number of nitrogens with one attached hydrogen (secondary N) is 1. The second-order valence-corrected chi connectivity index (χ2v) is 6.87. The Kier molecular flexibility index (Phi) is 6.91. The Morgan fingerprint density at radius 2 is 1.85 bits per heavy atom. The highest BCUT2D eigenvalue weighted by atomic mass is 19.1. The second-order valence-electron chi connectivity index (χ2n) is 6.87. The molecule has 27 heavy (non-hydrogen) atoms. The predicted molar refractivity (Wildman–Crippen MR) is 99.7 cm³/mol. The maximum atomic E-state index is 13.7. The van der Waals surface area contributed by atoms with E-state index in [1.807, 2.05) is 25.1 Å². The molecule has 0 heterocycles. The molecule has 4 nitrogen and oxygen atoms in total. The van der Waals surface area contributed by atoms with Crippen molar-refractivity contribution >= 4 is 5.91 Å². The molecule has 2 aromatic rings. The van der Waals surface area contributed by atoms with Crippen molar-refractivity contribution in [2.75, 3.05) is 6.54 Å². The molecule has 2 unspecified atom stereocenters. The molecule has 0 radical (unpaired) electrons. The Morgan fingerprint density at radius 3 is 2.48 bits per heavy atom. The van der Waals surface area contributed by atoms with Crippen LogP contribution in [0, 0.1) is 18.6 Å². The molecule has 0 aliphatic heterocycles. The molecule has 146 valence electrons. The SMILES string of the molecule is Cc1ccc(C(C)C)cc1OC(C)C(=O)NCC(O)c1ccc(F)cc1F. The van der Waals surface area contributed by atoms with Gasteiger partial charge in [-0.1, -0.05) is 32.0 Å². The molecule has 0 aliphatic rings. The van der Waals surface area contributed by atoms with Gasteiger partial charge >= 0.3 is 0 Å². The molecule has 0 bridgehead atoms. The summed E-state index contributed by atoms with van der Waals surface area (Å²) >= 11 is 0. The quantitative estimate of drug-likeness (QED) is 0.766. The number of amides is 1. The van der Waals surface area contributed by atoms with Crippen LogP contribution in [0.3, 0.4) is 0 Å². The van der Waals surface area contributed by atoms with Crippen LogP contribution in [0.15, 0.2) is 36.4 Å². The highest BCUT2D eigenvalue weighted by Crippen LogP contribution is 2.25. The van der Waals surface area contributed by atoms with Gasteiger partial charge in [-0.25, -0.2) is 8.78 Å². The maximum Gasteiger partial charge on any atom is 0.260 e. The third kappa shape index (κ3) is 5.50. The lowest BCUT2D eigenvalue weighted by atomic mass is 10.0. The number of carbonyl (C=O) groups is 1. The van der Waals surface area contributed by atoms with E-state index < -0.39 is 29.7 Å². The fourth-order valence-electron chi connectivity index (χ4n) is 2.57. The molecule has 2 atom stereocenters. The molecule has 0 aromatic heterocycles. The van der Waals surface area contributed by atoms with Crippen molar-refractivity contribution in [3.63, 3.8) is 0 Å². The van der Waals surface area contributed by atoms with Crippen LogP contribution in [0.5, 0.6) is 5.75 Å². The van der Waals surface area contributed by atoms with Gasteiger partial charge in [0, 0.05) is 18.2 Å². The number of ether oxygens (including phenoxy) is 1. The highest BCUT2D eigenvalue weighted by Gasteiger charge is 2.19. The monoisotopic (exact) mass is 377 g/mol. The minimum absolute atomic E-state index is 0.0780. The molecule has 0 aliphatic carbocycles. The Labute approximate surface area is 158 Å². The van der Waals surface area contributed by atoms with Gasteiger partial charge in [-0.2, -0.15) is 0 Å². The van der Waals surface area contributed by atoms with E-state index >= 15 is 0 Å². The molecular weight excluding hydrogens is 352 g/mol. The van der Waals surface area contributed by atoms with Crippen molar-refractivity contribution in [1.82, 2.24) is 5.32 Å². The van der Waals surface area contributed by atoms with Gasteiger partial charge in [0.15, 0.2) is 6.10 Å². The molecule has 2 N–H and O–H groups in total. The van der Waals surface area contributed by atoms with Crippen LogP contribution in [-0.4, -0.2) is 23.7 Å². The van der Waals surface area contributed by atoms with Gasteiger partial charge in [0.1, 0.15) is 17.4 Å². The Morgan fingerprint density at radius 1 is 1.15 bits per heavy atom. The van der Waals surface area contributed by atoms with Crippen LogP contribution in [0.1, 0.15) is 49.5 Å². The smallest absolute Gasteiger partial charge is 0.260 e. The first-order valence-corrected chi connectivity index (χ1v) is 8.87. The highest BCUT2D eigenvalue weighted by molar-refractivity contribution is 5.80. The number of hydrogen-bond donors (Lipinski definition) is 2. The van der Waals surface area contributed by atoms with E-state index in [4.69, 9.17) is 4.74 Å². The van der Waals surface area contributed by atoms with Crippen LogP contribution >= 0.6 is 0 Å². The summed E-state index contributed by atoms with van der Waals surface area (Å²) < 4.78 is 32.4. The van der Waals surface area contributed by atoms with Crippen LogP contribution in [0.4, 0.5) is 8.78 Å². The zero-order valence-corrected chi connectivity index (χ0v) is 15.9. The van der Waals surface area contributed by atoms with Gasteiger partial charge in [0.2, 0.25) is 0 Å². The third-order valence-corrected chi connectivity index (χ3v) is 4.34. The van der Waals surface area contributed by atoms with Crippen molar-refractivity contribution < 1.29 is 23.4 Å². The average molecular weight is 377 g/mol. The van der Waals surface area contributed by atoms with E-state index in [9.17, 15) is 18.7 Å². The summed E-state index contributed by atoms with van der Waals surface area (Å²) in [5, 5.41) is 12.6. The van der Waals surface area contributed by atoms with Crippen molar-refractivity contribution in [3.05, 3.63) is 64.7 Å². The lowest BCUT2D eigenvalue weighted by Crippen LogP contribution is -2.38. The number of aliphatic hydroxyl groups excluding tert-OH is 1. The summed E-state index contributed by atoms with van der Waals surface area (Å²) in [5.41, 5.74) is 1.93. The van der Waals surface area contributed by atoms with Crippen molar-refractivity contribution in [3.8, 4) is 5.75 Å². The number of carbonyl (C=O) groups excluding carboxylic acids is 1. The largest absolute Gasteiger partial charge is 0.481 e. The van der Waals surface area contributed by atoms with E-state index in [1.165, 1.54) is 0 Å². The van der Waals surface area contributed by atoms with Gasteiger partial charge in [0.05, 0.1) is 6.10 Å². The first-order chi connectivity index (χ1) is 12.7. The maximum absolute atomic E-state index is 13.7. The fourth-order valence-corrected chi connectivity index (χ4v) is 2.57. The van der Waals surface area contributed by atoms with Crippen LogP contribution in [0.25, 0.3) is 0 Å². The summed E-state index contributed by atoms with van der Waals surface area (Å²) in [4.78, 5) is 12.3. The lowest BCUT2D eigenvalue weighted by molar-refractivity contribution is -0.127. The summed E-state index contributed by atoms with van der Waals surface area (Å²) in [6, 6.07) is 8.77. The molecule has 0 fully saturated rings. The number of aliphatic hydroxyl groups is 1. The molecule has 2 aromatic carbocycles. The topological polar surface area (TPSA) is 58.6 Å². The zero-order chi connectivity index (χ0) is 20.1. The van der Waals surface area contributed by atoms with Crippen molar-refractivity contribution in [1.29, 1.82) is 0 Å². The molecule has 6 heteroatoms.